The minimum Gasteiger partial charge on any atom is -0.444 e. The average molecular weight is 345 g/mol. The molecule has 2 fully saturated rings. The van der Waals surface area contributed by atoms with Crippen LogP contribution in [0.25, 0.3) is 0 Å². The lowest BCUT2D eigenvalue weighted by Crippen LogP contribution is -2.39. The van der Waals surface area contributed by atoms with E-state index in [9.17, 15) is 9.59 Å². The summed E-state index contributed by atoms with van der Waals surface area (Å²) < 4.78 is 5.43. The van der Waals surface area contributed by atoms with Gasteiger partial charge in [0.15, 0.2) is 0 Å². The lowest BCUT2D eigenvalue weighted by Gasteiger charge is -2.26. The zero-order valence-corrected chi connectivity index (χ0v) is 15.3. The van der Waals surface area contributed by atoms with Crippen molar-refractivity contribution in [2.45, 2.75) is 45.9 Å². The van der Waals surface area contributed by atoms with Crippen molar-refractivity contribution in [2.24, 2.45) is 11.8 Å². The van der Waals surface area contributed by atoms with Crippen LogP contribution in [-0.2, 0) is 16.1 Å². The summed E-state index contributed by atoms with van der Waals surface area (Å²) in [5.41, 5.74) is 1.48. The number of carbonyl (C=O) groups is 2. The number of anilines is 1. The highest BCUT2D eigenvalue weighted by Gasteiger charge is 2.56. The number of hydrogen-bond acceptors (Lipinski definition) is 4. The number of amides is 2. The molecule has 0 radical (unpaired) electrons. The van der Waals surface area contributed by atoms with Gasteiger partial charge in [-0.15, -0.1) is 0 Å². The van der Waals surface area contributed by atoms with Gasteiger partial charge in [0.2, 0.25) is 5.91 Å². The van der Waals surface area contributed by atoms with Gasteiger partial charge in [0.25, 0.3) is 0 Å². The highest BCUT2D eigenvalue weighted by atomic mass is 16.6. The average Bonchev–Trinajstić information content (AvgIpc) is 2.95. The van der Waals surface area contributed by atoms with E-state index in [0.717, 1.165) is 24.3 Å². The van der Waals surface area contributed by atoms with E-state index in [2.05, 4.69) is 10.6 Å². The van der Waals surface area contributed by atoms with Crippen molar-refractivity contribution < 1.29 is 14.3 Å². The van der Waals surface area contributed by atoms with Crippen LogP contribution in [0, 0.1) is 11.8 Å². The Morgan fingerprint density at radius 2 is 1.84 bits per heavy atom. The number of nitrogens with zero attached hydrogens (tertiary/aromatic N) is 1. The van der Waals surface area contributed by atoms with Gasteiger partial charge in [0, 0.05) is 38.3 Å². The predicted molar refractivity (Wildman–Crippen MR) is 96.2 cm³/mol. The molecular weight excluding hydrogens is 318 g/mol. The minimum atomic E-state index is -0.449. The van der Waals surface area contributed by atoms with Crippen molar-refractivity contribution in [2.75, 3.05) is 18.4 Å². The third-order valence-corrected chi connectivity index (χ3v) is 4.70. The molecule has 1 aromatic rings. The Morgan fingerprint density at radius 1 is 1.20 bits per heavy atom. The lowest BCUT2D eigenvalue weighted by atomic mass is 10.1. The smallest absolute Gasteiger partial charge is 0.410 e. The second-order valence-corrected chi connectivity index (χ2v) is 7.96. The Kier molecular flexibility index (Phi) is 4.73. The van der Waals surface area contributed by atoms with Gasteiger partial charge in [-0.25, -0.2) is 4.79 Å². The highest BCUT2D eigenvalue weighted by Crippen LogP contribution is 2.46. The van der Waals surface area contributed by atoms with Crippen LogP contribution in [0.5, 0.6) is 0 Å². The molecule has 3 rings (SSSR count). The van der Waals surface area contributed by atoms with Crippen LogP contribution in [0.1, 0.15) is 33.3 Å². The number of ether oxygens (including phenoxy) is 1. The predicted octanol–water partition coefficient (Wildman–Crippen LogP) is 2.60. The fourth-order valence-corrected chi connectivity index (χ4v) is 3.52. The second-order valence-electron chi connectivity index (χ2n) is 7.96. The Labute approximate surface area is 148 Å². The van der Waals surface area contributed by atoms with E-state index in [1.54, 1.807) is 0 Å². The van der Waals surface area contributed by atoms with Gasteiger partial charge in [-0.05, 0) is 44.2 Å². The van der Waals surface area contributed by atoms with Gasteiger partial charge in [0.1, 0.15) is 5.60 Å². The van der Waals surface area contributed by atoms with E-state index in [1.165, 1.54) is 6.92 Å². The highest BCUT2D eigenvalue weighted by molar-refractivity contribution is 5.89. The summed E-state index contributed by atoms with van der Waals surface area (Å²) in [6.45, 7) is 9.40. The Morgan fingerprint density at radius 3 is 2.44 bits per heavy atom. The Hall–Kier alpha value is -2.08. The summed E-state index contributed by atoms with van der Waals surface area (Å²) in [6, 6.07) is 8.25. The monoisotopic (exact) mass is 345 g/mol. The van der Waals surface area contributed by atoms with E-state index in [-0.39, 0.29) is 12.0 Å². The van der Waals surface area contributed by atoms with Gasteiger partial charge in [-0.1, -0.05) is 18.2 Å². The SMILES string of the molecule is CC(=O)Nc1ccccc1CNC1C2CN(C(=O)OC(C)(C)C)CC21. The molecule has 1 aliphatic heterocycles. The van der Waals surface area contributed by atoms with E-state index in [0.29, 0.717) is 24.4 Å². The van der Waals surface area contributed by atoms with Gasteiger partial charge in [-0.3, -0.25) is 4.79 Å². The van der Waals surface area contributed by atoms with E-state index in [4.69, 9.17) is 4.74 Å². The molecule has 2 N–H and O–H groups in total. The van der Waals surface area contributed by atoms with Crippen LogP contribution in [0.4, 0.5) is 10.5 Å². The molecule has 2 atom stereocenters. The molecule has 0 bridgehead atoms. The summed E-state index contributed by atoms with van der Waals surface area (Å²) in [5.74, 6) is 0.935. The molecule has 1 aromatic carbocycles. The third kappa shape index (κ3) is 4.31. The molecule has 0 spiro atoms. The summed E-state index contributed by atoms with van der Waals surface area (Å²) in [5, 5.41) is 6.43. The molecule has 1 saturated carbocycles. The summed E-state index contributed by atoms with van der Waals surface area (Å²) in [7, 11) is 0. The number of nitrogens with one attached hydrogen (secondary N) is 2. The second kappa shape index (κ2) is 6.67. The Balaban J connectivity index is 1.48. The topological polar surface area (TPSA) is 70.7 Å². The fraction of sp³-hybridized carbons (Fsp3) is 0.579. The van der Waals surface area contributed by atoms with Crippen molar-refractivity contribution in [3.63, 3.8) is 0 Å². The number of rotatable bonds is 4. The summed E-state index contributed by atoms with van der Waals surface area (Å²) in [4.78, 5) is 25.2. The first kappa shape index (κ1) is 17.7. The summed E-state index contributed by atoms with van der Waals surface area (Å²) in [6.07, 6.45) is -0.213. The maximum atomic E-state index is 12.1. The molecule has 6 nitrogen and oxygen atoms in total. The molecule has 0 aromatic heterocycles. The zero-order valence-electron chi connectivity index (χ0n) is 15.3. The molecule has 2 unspecified atom stereocenters. The molecule has 2 amide bonds. The first-order valence-corrected chi connectivity index (χ1v) is 8.81. The van der Waals surface area contributed by atoms with Crippen molar-refractivity contribution in [3.8, 4) is 0 Å². The number of piperidine rings is 1. The van der Waals surface area contributed by atoms with Crippen LogP contribution in [0.3, 0.4) is 0 Å². The van der Waals surface area contributed by atoms with E-state index in [1.807, 2.05) is 49.9 Å². The van der Waals surface area contributed by atoms with Crippen molar-refractivity contribution in [1.29, 1.82) is 0 Å². The quantitative estimate of drug-likeness (QED) is 0.880. The first-order valence-electron chi connectivity index (χ1n) is 8.81. The normalized spacial score (nSPS) is 24.6. The zero-order chi connectivity index (χ0) is 18.2. The maximum absolute atomic E-state index is 12.1. The van der Waals surface area contributed by atoms with Gasteiger partial charge >= 0.3 is 6.09 Å². The van der Waals surface area contributed by atoms with Gasteiger partial charge < -0.3 is 20.3 Å². The molecule has 2 aliphatic rings. The minimum absolute atomic E-state index is 0.0660. The molecule has 1 heterocycles. The number of benzene rings is 1. The van der Waals surface area contributed by atoms with Crippen molar-refractivity contribution in [3.05, 3.63) is 29.8 Å². The van der Waals surface area contributed by atoms with Crippen molar-refractivity contribution >= 4 is 17.7 Å². The number of carbonyl (C=O) groups excluding carboxylic acids is 2. The van der Waals surface area contributed by atoms with Gasteiger partial charge in [-0.2, -0.15) is 0 Å². The largest absolute Gasteiger partial charge is 0.444 e. The van der Waals surface area contributed by atoms with Crippen LogP contribution in [0.15, 0.2) is 24.3 Å². The number of likely N-dealkylation sites (tertiary alicyclic amines) is 1. The van der Waals surface area contributed by atoms with Crippen LogP contribution in [0.2, 0.25) is 0 Å². The number of para-hydroxylation sites is 1. The standard InChI is InChI=1S/C19H27N3O3/c1-12(23)21-16-8-6-5-7-13(16)9-20-17-14-10-22(11-15(14)17)18(24)25-19(2,3)4/h5-8,14-15,17,20H,9-11H2,1-4H3,(H,21,23). The van der Waals surface area contributed by atoms with Crippen LogP contribution < -0.4 is 10.6 Å². The van der Waals surface area contributed by atoms with Crippen LogP contribution in [-0.4, -0.2) is 41.6 Å². The summed E-state index contributed by atoms with van der Waals surface area (Å²) >= 11 is 0. The molecule has 1 saturated heterocycles. The first-order chi connectivity index (χ1) is 11.7. The lowest BCUT2D eigenvalue weighted by molar-refractivity contribution is -0.114. The molecule has 25 heavy (non-hydrogen) atoms. The third-order valence-electron chi connectivity index (χ3n) is 4.70. The number of hydrogen-bond donors (Lipinski definition) is 2. The van der Waals surface area contributed by atoms with Crippen molar-refractivity contribution in [1.82, 2.24) is 10.2 Å². The molecular formula is C19H27N3O3. The fourth-order valence-electron chi connectivity index (χ4n) is 3.52. The Bertz CT molecular complexity index is 656. The molecule has 1 aliphatic carbocycles. The van der Waals surface area contributed by atoms with Gasteiger partial charge in [0.05, 0.1) is 0 Å². The number of fused-ring (bicyclic) bond motifs is 1. The van der Waals surface area contributed by atoms with Crippen LogP contribution >= 0.6 is 0 Å². The molecule has 6 heteroatoms. The maximum Gasteiger partial charge on any atom is 0.410 e. The van der Waals surface area contributed by atoms with E-state index < -0.39 is 5.60 Å². The molecule has 136 valence electrons. The van der Waals surface area contributed by atoms with E-state index >= 15 is 0 Å².